The second kappa shape index (κ2) is 5.79. The number of nitrogens with zero attached hydrogens (tertiary/aromatic N) is 1. The molecule has 0 aliphatic heterocycles. The van der Waals surface area contributed by atoms with Crippen molar-refractivity contribution in [3.63, 3.8) is 0 Å². The summed E-state index contributed by atoms with van der Waals surface area (Å²) in [5.74, 6) is 1.05. The van der Waals surface area contributed by atoms with E-state index in [1.54, 1.807) is 6.20 Å². The maximum absolute atomic E-state index is 4.35. The van der Waals surface area contributed by atoms with Gasteiger partial charge in [0.15, 0.2) is 0 Å². The summed E-state index contributed by atoms with van der Waals surface area (Å²) in [4.78, 5) is 4.35. The Labute approximate surface area is 88.6 Å². The van der Waals surface area contributed by atoms with Crippen LogP contribution in [-0.2, 0) is 0 Å². The van der Waals surface area contributed by atoms with Gasteiger partial charge in [-0.2, -0.15) is 0 Å². The Balaban J connectivity index is 5.14. The topological polar surface area (TPSA) is 12.4 Å². The lowest BCUT2D eigenvalue weighted by molar-refractivity contribution is 0.758. The van der Waals surface area contributed by atoms with Crippen molar-refractivity contribution in [3.8, 4) is 0 Å². The Morgan fingerprint density at radius 3 is 1.86 bits per heavy atom. The number of allylic oxidation sites excluding steroid dienone is 2. The molecule has 0 saturated carbocycles. The highest BCUT2D eigenvalue weighted by molar-refractivity contribution is 6.01. The molecule has 0 unspecified atom stereocenters. The van der Waals surface area contributed by atoms with Crippen molar-refractivity contribution in [2.45, 2.75) is 41.5 Å². The molecule has 0 spiro atoms. The number of hydrogen-bond donors (Lipinski definition) is 0. The maximum atomic E-state index is 4.35. The summed E-state index contributed by atoms with van der Waals surface area (Å²) in [5.41, 5.74) is 3.89. The van der Waals surface area contributed by atoms with Gasteiger partial charge in [0.25, 0.3) is 0 Å². The molecule has 0 fully saturated rings. The smallest absolute Gasteiger partial charge is 0.0457 e. The van der Waals surface area contributed by atoms with Crippen LogP contribution in [0.3, 0.4) is 0 Å². The highest BCUT2D eigenvalue weighted by atomic mass is 14.7. The highest BCUT2D eigenvalue weighted by Crippen LogP contribution is 2.18. The molecule has 0 N–H and O–H groups in total. The SMILES string of the molecule is C=CN=C(/C(C)=C(\C)C(C)C)C(C)C. The van der Waals surface area contributed by atoms with Crippen molar-refractivity contribution < 1.29 is 0 Å². The third-order valence-electron chi connectivity index (χ3n) is 2.62. The molecule has 0 atom stereocenters. The van der Waals surface area contributed by atoms with Gasteiger partial charge >= 0.3 is 0 Å². The molecule has 0 radical (unpaired) electrons. The van der Waals surface area contributed by atoms with E-state index in [-0.39, 0.29) is 0 Å². The van der Waals surface area contributed by atoms with Crippen LogP contribution in [0.25, 0.3) is 0 Å². The van der Waals surface area contributed by atoms with Crippen LogP contribution in [0.1, 0.15) is 41.5 Å². The maximum Gasteiger partial charge on any atom is 0.0457 e. The zero-order chi connectivity index (χ0) is 11.3. The largest absolute Gasteiger partial charge is 0.261 e. The molecule has 80 valence electrons. The van der Waals surface area contributed by atoms with Gasteiger partial charge in [0.1, 0.15) is 0 Å². The van der Waals surface area contributed by atoms with Crippen LogP contribution in [-0.4, -0.2) is 5.71 Å². The van der Waals surface area contributed by atoms with Gasteiger partial charge in [0.2, 0.25) is 0 Å². The first-order valence-electron chi connectivity index (χ1n) is 5.28. The van der Waals surface area contributed by atoms with Gasteiger partial charge in [0, 0.05) is 11.9 Å². The molecule has 0 amide bonds. The molecular weight excluding hydrogens is 170 g/mol. The van der Waals surface area contributed by atoms with Crippen molar-refractivity contribution in [3.05, 3.63) is 23.9 Å². The van der Waals surface area contributed by atoms with Crippen molar-refractivity contribution in [2.24, 2.45) is 16.8 Å². The molecule has 0 aromatic carbocycles. The second-order valence-electron chi connectivity index (χ2n) is 4.31. The lowest BCUT2D eigenvalue weighted by Crippen LogP contribution is -2.11. The Kier molecular flexibility index (Phi) is 5.44. The standard InChI is InChI=1S/C13H23N/c1-8-14-13(10(4)5)12(7)11(6)9(2)3/h8-10H,1H2,2-7H3/b12-11+,14-13?. The second-order valence-corrected chi connectivity index (χ2v) is 4.31. The van der Waals surface area contributed by atoms with Crippen LogP contribution >= 0.6 is 0 Å². The summed E-state index contributed by atoms with van der Waals surface area (Å²) < 4.78 is 0. The summed E-state index contributed by atoms with van der Waals surface area (Å²) in [7, 11) is 0. The van der Waals surface area contributed by atoms with Gasteiger partial charge in [0.05, 0.1) is 0 Å². The molecule has 1 heteroatoms. The zero-order valence-corrected chi connectivity index (χ0v) is 10.4. The third-order valence-corrected chi connectivity index (χ3v) is 2.62. The first-order chi connectivity index (χ1) is 6.41. The van der Waals surface area contributed by atoms with E-state index in [0.717, 1.165) is 5.71 Å². The minimum atomic E-state index is 0.460. The third kappa shape index (κ3) is 3.49. The van der Waals surface area contributed by atoms with E-state index in [2.05, 4.69) is 53.1 Å². The first-order valence-corrected chi connectivity index (χ1v) is 5.28. The van der Waals surface area contributed by atoms with Crippen LogP contribution in [0, 0.1) is 11.8 Å². The normalized spacial score (nSPS) is 14.7. The van der Waals surface area contributed by atoms with Crippen molar-refractivity contribution in [1.29, 1.82) is 0 Å². The van der Waals surface area contributed by atoms with E-state index >= 15 is 0 Å². The molecule has 0 heterocycles. The molecule has 0 aliphatic rings. The van der Waals surface area contributed by atoms with Gasteiger partial charge in [-0.25, -0.2) is 0 Å². The Morgan fingerprint density at radius 2 is 1.57 bits per heavy atom. The molecule has 14 heavy (non-hydrogen) atoms. The van der Waals surface area contributed by atoms with E-state index in [9.17, 15) is 0 Å². The minimum absolute atomic E-state index is 0.460. The molecule has 0 rings (SSSR count). The summed E-state index contributed by atoms with van der Waals surface area (Å²) in [6, 6.07) is 0. The van der Waals surface area contributed by atoms with E-state index in [4.69, 9.17) is 0 Å². The fourth-order valence-electron chi connectivity index (χ4n) is 1.41. The lowest BCUT2D eigenvalue weighted by atomic mass is 9.92. The zero-order valence-electron chi connectivity index (χ0n) is 10.4. The number of aliphatic imine (C=N–C) groups is 1. The fraction of sp³-hybridized carbons (Fsp3) is 0.615. The summed E-state index contributed by atoms with van der Waals surface area (Å²) in [6.45, 7) is 16.7. The van der Waals surface area contributed by atoms with Crippen LogP contribution < -0.4 is 0 Å². The average molecular weight is 193 g/mol. The molecule has 0 bridgehead atoms. The quantitative estimate of drug-likeness (QED) is 0.593. The van der Waals surface area contributed by atoms with E-state index in [1.165, 1.54) is 11.1 Å². The molecule has 0 aromatic heterocycles. The molecule has 0 saturated heterocycles. The van der Waals surface area contributed by atoms with Crippen molar-refractivity contribution in [1.82, 2.24) is 0 Å². The molecule has 0 aliphatic carbocycles. The van der Waals surface area contributed by atoms with Crippen LogP contribution in [0.4, 0.5) is 0 Å². The predicted octanol–water partition coefficient (Wildman–Crippen LogP) is 4.22. The molecule has 1 nitrogen and oxygen atoms in total. The van der Waals surface area contributed by atoms with E-state index < -0.39 is 0 Å². The minimum Gasteiger partial charge on any atom is -0.261 e. The fourth-order valence-corrected chi connectivity index (χ4v) is 1.41. The number of hydrogen-bond acceptors (Lipinski definition) is 1. The van der Waals surface area contributed by atoms with Crippen molar-refractivity contribution in [2.75, 3.05) is 0 Å². The number of rotatable bonds is 4. The van der Waals surface area contributed by atoms with E-state index in [0.29, 0.717) is 11.8 Å². The van der Waals surface area contributed by atoms with Crippen LogP contribution in [0.5, 0.6) is 0 Å². The Morgan fingerprint density at radius 1 is 1.07 bits per heavy atom. The summed E-state index contributed by atoms with van der Waals surface area (Å²) in [5, 5.41) is 0. The van der Waals surface area contributed by atoms with Gasteiger partial charge in [-0.1, -0.05) is 39.8 Å². The summed E-state index contributed by atoms with van der Waals surface area (Å²) in [6.07, 6.45) is 1.63. The first kappa shape index (κ1) is 13.2. The van der Waals surface area contributed by atoms with Gasteiger partial charge < -0.3 is 0 Å². The monoisotopic (exact) mass is 193 g/mol. The van der Waals surface area contributed by atoms with Gasteiger partial charge in [-0.15, -0.1) is 0 Å². The Hall–Kier alpha value is -0.850. The lowest BCUT2D eigenvalue weighted by Gasteiger charge is -2.15. The predicted molar refractivity (Wildman–Crippen MR) is 65.7 cm³/mol. The van der Waals surface area contributed by atoms with E-state index in [1.807, 2.05) is 0 Å². The Bertz CT molecular complexity index is 254. The van der Waals surface area contributed by atoms with Crippen molar-refractivity contribution >= 4 is 5.71 Å². The van der Waals surface area contributed by atoms with Crippen LogP contribution in [0.15, 0.2) is 28.9 Å². The summed E-state index contributed by atoms with van der Waals surface area (Å²) >= 11 is 0. The highest BCUT2D eigenvalue weighted by Gasteiger charge is 2.11. The molecule has 0 aromatic rings. The average Bonchev–Trinajstić information content (AvgIpc) is 2.11. The van der Waals surface area contributed by atoms with Crippen LogP contribution in [0.2, 0.25) is 0 Å². The van der Waals surface area contributed by atoms with Gasteiger partial charge in [-0.3, -0.25) is 4.99 Å². The molecular formula is C13H23N. The van der Waals surface area contributed by atoms with Gasteiger partial charge in [-0.05, 0) is 31.3 Å².